The molecule has 1 saturated carbocycles. The molecule has 0 N–H and O–H groups in total. The maximum absolute atomic E-state index is 13.4. The minimum absolute atomic E-state index is 0.153. The Hall–Kier alpha value is -1.29. The number of hydrogen-bond donors (Lipinski definition) is 0. The van der Waals surface area contributed by atoms with E-state index in [0.717, 1.165) is 18.9 Å². The van der Waals surface area contributed by atoms with Crippen molar-refractivity contribution in [3.63, 3.8) is 0 Å². The van der Waals surface area contributed by atoms with E-state index in [2.05, 4.69) is 0 Å². The normalized spacial score (nSPS) is 17.2. The highest BCUT2D eigenvalue weighted by molar-refractivity contribution is 6.00. The summed E-state index contributed by atoms with van der Waals surface area (Å²) >= 11 is 0. The number of ketones is 1. The van der Waals surface area contributed by atoms with Crippen LogP contribution in [0.1, 0.15) is 23.2 Å². The van der Waals surface area contributed by atoms with Gasteiger partial charge in [-0.05, 0) is 30.9 Å². The van der Waals surface area contributed by atoms with E-state index in [1.54, 1.807) is 0 Å². The first-order valence-corrected chi connectivity index (χ1v) is 5.16. The van der Waals surface area contributed by atoms with Gasteiger partial charge in [0.2, 0.25) is 0 Å². The van der Waals surface area contributed by atoms with Crippen LogP contribution in [-0.2, 0) is 4.74 Å². The molecule has 0 radical (unpaired) electrons. The predicted molar refractivity (Wildman–Crippen MR) is 54.2 cm³/mol. The number of methoxy groups -OCH3 is 1. The molecule has 1 unspecified atom stereocenters. The van der Waals surface area contributed by atoms with Crippen molar-refractivity contribution in [2.45, 2.75) is 18.9 Å². The summed E-state index contributed by atoms with van der Waals surface area (Å²) in [5.41, 5.74) is -0.223. The van der Waals surface area contributed by atoms with Crippen LogP contribution in [0.4, 0.5) is 8.78 Å². The van der Waals surface area contributed by atoms with Crippen molar-refractivity contribution in [1.82, 2.24) is 0 Å². The summed E-state index contributed by atoms with van der Waals surface area (Å²) in [6.07, 6.45) is 1.17. The number of rotatable bonds is 4. The van der Waals surface area contributed by atoms with Gasteiger partial charge in [-0.1, -0.05) is 6.07 Å². The van der Waals surface area contributed by atoms with Crippen molar-refractivity contribution in [2.24, 2.45) is 5.92 Å². The molecule has 1 aliphatic carbocycles. The van der Waals surface area contributed by atoms with Crippen LogP contribution in [0, 0.1) is 17.6 Å². The molecule has 86 valence electrons. The summed E-state index contributed by atoms with van der Waals surface area (Å²) in [4.78, 5) is 11.9. The summed E-state index contributed by atoms with van der Waals surface area (Å²) in [5.74, 6) is -2.41. The van der Waals surface area contributed by atoms with E-state index in [-0.39, 0.29) is 11.5 Å². The average molecular weight is 226 g/mol. The fourth-order valence-electron chi connectivity index (χ4n) is 1.76. The summed E-state index contributed by atoms with van der Waals surface area (Å²) < 4.78 is 31.4. The minimum Gasteiger partial charge on any atom is -0.373 e. The molecule has 1 aromatic rings. The highest BCUT2D eigenvalue weighted by atomic mass is 19.2. The van der Waals surface area contributed by atoms with E-state index in [0.29, 0.717) is 0 Å². The van der Waals surface area contributed by atoms with Crippen LogP contribution in [0.15, 0.2) is 18.2 Å². The number of carbonyl (C=O) groups excluding carboxylic acids is 1. The predicted octanol–water partition coefficient (Wildman–Crippen LogP) is 2.57. The molecule has 0 aliphatic heterocycles. The number of Topliss-reactive ketones (excluding diaryl/α,β-unsaturated/α-hetero) is 1. The molecule has 0 bridgehead atoms. The van der Waals surface area contributed by atoms with Gasteiger partial charge in [-0.2, -0.15) is 0 Å². The Kier molecular flexibility index (Phi) is 3.01. The molecule has 1 fully saturated rings. The number of halogens is 2. The van der Waals surface area contributed by atoms with E-state index < -0.39 is 23.5 Å². The first-order valence-electron chi connectivity index (χ1n) is 5.16. The summed E-state index contributed by atoms with van der Waals surface area (Å²) in [5, 5.41) is 0. The van der Waals surface area contributed by atoms with Gasteiger partial charge in [-0.25, -0.2) is 8.78 Å². The molecule has 1 aromatic carbocycles. The van der Waals surface area contributed by atoms with Crippen LogP contribution < -0.4 is 0 Å². The smallest absolute Gasteiger partial charge is 0.194 e. The number of benzene rings is 1. The van der Waals surface area contributed by atoms with Crippen molar-refractivity contribution in [1.29, 1.82) is 0 Å². The molecule has 1 aliphatic rings. The van der Waals surface area contributed by atoms with Crippen molar-refractivity contribution in [3.8, 4) is 0 Å². The van der Waals surface area contributed by atoms with Crippen LogP contribution in [0.3, 0.4) is 0 Å². The largest absolute Gasteiger partial charge is 0.373 e. The second-order valence-electron chi connectivity index (χ2n) is 3.96. The Morgan fingerprint density at radius 2 is 2.12 bits per heavy atom. The van der Waals surface area contributed by atoms with Crippen molar-refractivity contribution in [2.75, 3.05) is 7.11 Å². The lowest BCUT2D eigenvalue weighted by molar-refractivity contribution is 0.0535. The molecule has 0 aromatic heterocycles. The Labute approximate surface area is 92.2 Å². The summed E-state index contributed by atoms with van der Waals surface area (Å²) in [7, 11) is 1.41. The lowest BCUT2D eigenvalue weighted by Crippen LogP contribution is -2.26. The van der Waals surface area contributed by atoms with Crippen LogP contribution in [0.2, 0.25) is 0 Å². The van der Waals surface area contributed by atoms with E-state index in [9.17, 15) is 13.6 Å². The molecule has 2 rings (SSSR count). The second kappa shape index (κ2) is 4.29. The van der Waals surface area contributed by atoms with Gasteiger partial charge in [0, 0.05) is 7.11 Å². The third-order valence-corrected chi connectivity index (χ3v) is 2.78. The van der Waals surface area contributed by atoms with E-state index in [1.807, 2.05) is 0 Å². The van der Waals surface area contributed by atoms with Crippen LogP contribution in [-0.4, -0.2) is 19.0 Å². The van der Waals surface area contributed by atoms with Crippen molar-refractivity contribution < 1.29 is 18.3 Å². The lowest BCUT2D eigenvalue weighted by Gasteiger charge is -2.13. The molecule has 2 nitrogen and oxygen atoms in total. The van der Waals surface area contributed by atoms with E-state index in [4.69, 9.17) is 4.74 Å². The van der Waals surface area contributed by atoms with E-state index >= 15 is 0 Å². The van der Waals surface area contributed by atoms with Crippen LogP contribution >= 0.6 is 0 Å². The second-order valence-corrected chi connectivity index (χ2v) is 3.96. The van der Waals surface area contributed by atoms with Crippen molar-refractivity contribution in [3.05, 3.63) is 35.4 Å². The molecule has 0 saturated heterocycles. The first-order chi connectivity index (χ1) is 7.65. The molecule has 1 atom stereocenters. The average Bonchev–Trinajstić information content (AvgIpc) is 3.07. The zero-order valence-electron chi connectivity index (χ0n) is 8.87. The Morgan fingerprint density at radius 3 is 2.69 bits per heavy atom. The topological polar surface area (TPSA) is 26.3 Å². The van der Waals surface area contributed by atoms with Crippen molar-refractivity contribution >= 4 is 5.78 Å². The SMILES string of the molecule is COC(C(=O)c1cccc(F)c1F)C1CC1. The van der Waals surface area contributed by atoms with Crippen LogP contribution in [0.5, 0.6) is 0 Å². The molecule has 4 heteroatoms. The molecular weight excluding hydrogens is 214 g/mol. The summed E-state index contributed by atoms with van der Waals surface area (Å²) in [6.45, 7) is 0. The Balaban J connectivity index is 2.28. The van der Waals surface area contributed by atoms with Gasteiger partial charge < -0.3 is 4.74 Å². The number of ether oxygens (including phenoxy) is 1. The Bertz CT molecular complexity index is 413. The van der Waals surface area contributed by atoms with Gasteiger partial charge in [-0.15, -0.1) is 0 Å². The van der Waals surface area contributed by atoms with Gasteiger partial charge >= 0.3 is 0 Å². The molecule has 16 heavy (non-hydrogen) atoms. The Morgan fingerprint density at radius 1 is 1.44 bits per heavy atom. The monoisotopic (exact) mass is 226 g/mol. The highest BCUT2D eigenvalue weighted by Gasteiger charge is 2.37. The van der Waals surface area contributed by atoms with Gasteiger partial charge in [0.05, 0.1) is 5.56 Å². The zero-order valence-corrected chi connectivity index (χ0v) is 8.87. The van der Waals surface area contributed by atoms with Crippen LogP contribution in [0.25, 0.3) is 0 Å². The maximum atomic E-state index is 13.4. The molecule has 0 heterocycles. The maximum Gasteiger partial charge on any atom is 0.194 e. The fraction of sp³-hybridized carbons (Fsp3) is 0.417. The van der Waals surface area contributed by atoms with Gasteiger partial charge in [0.15, 0.2) is 17.4 Å². The van der Waals surface area contributed by atoms with Gasteiger partial charge in [-0.3, -0.25) is 4.79 Å². The lowest BCUT2D eigenvalue weighted by atomic mass is 10.0. The summed E-state index contributed by atoms with van der Waals surface area (Å²) in [6, 6.07) is 3.60. The van der Waals surface area contributed by atoms with E-state index in [1.165, 1.54) is 19.2 Å². The van der Waals surface area contributed by atoms with Gasteiger partial charge in [0.1, 0.15) is 6.10 Å². The number of carbonyl (C=O) groups is 1. The van der Waals surface area contributed by atoms with Gasteiger partial charge in [0.25, 0.3) is 0 Å². The standard InChI is InChI=1S/C12H12F2O2/c1-16-12(7-5-6-7)11(15)8-3-2-4-9(13)10(8)14/h2-4,7,12H,5-6H2,1H3. The molecular formula is C12H12F2O2. The first kappa shape index (κ1) is 11.2. The molecule has 0 spiro atoms. The quantitative estimate of drug-likeness (QED) is 0.737. The third-order valence-electron chi connectivity index (χ3n) is 2.78. The third kappa shape index (κ3) is 1.97. The highest BCUT2D eigenvalue weighted by Crippen LogP contribution is 2.35. The minimum atomic E-state index is -1.09. The molecule has 0 amide bonds. The fourth-order valence-corrected chi connectivity index (χ4v) is 1.76. The number of hydrogen-bond acceptors (Lipinski definition) is 2. The zero-order chi connectivity index (χ0) is 11.7.